The summed E-state index contributed by atoms with van der Waals surface area (Å²) in [4.78, 5) is 12.0. The van der Waals surface area contributed by atoms with Gasteiger partial charge in [-0.3, -0.25) is 0 Å². The van der Waals surface area contributed by atoms with Crippen LogP contribution in [0.3, 0.4) is 0 Å². The van der Waals surface area contributed by atoms with Crippen molar-refractivity contribution in [2.45, 2.75) is 44.9 Å². The van der Waals surface area contributed by atoms with Crippen molar-refractivity contribution >= 4 is 6.03 Å². The van der Waals surface area contributed by atoms with Crippen LogP contribution in [0.4, 0.5) is 4.79 Å². The topological polar surface area (TPSA) is 61.4 Å². The third-order valence-corrected chi connectivity index (χ3v) is 5.05. The second-order valence-electron chi connectivity index (χ2n) is 6.39. The Labute approximate surface area is 133 Å². The fraction of sp³-hybridized carbons (Fsp3) is 0.611. The molecule has 0 spiro atoms. The van der Waals surface area contributed by atoms with E-state index < -0.39 is 0 Å². The number of amides is 2. The summed E-state index contributed by atoms with van der Waals surface area (Å²) in [6, 6.07) is 9.94. The van der Waals surface area contributed by atoms with E-state index in [1.54, 1.807) is 0 Å². The van der Waals surface area contributed by atoms with Crippen LogP contribution in [0.15, 0.2) is 30.3 Å². The third kappa shape index (κ3) is 4.47. The molecule has 1 aliphatic rings. The van der Waals surface area contributed by atoms with E-state index in [9.17, 15) is 9.90 Å². The van der Waals surface area contributed by atoms with Crippen molar-refractivity contribution in [2.24, 2.45) is 5.41 Å². The van der Waals surface area contributed by atoms with Crippen molar-refractivity contribution in [1.82, 2.24) is 10.6 Å². The molecule has 0 bridgehead atoms. The SMILES string of the molecule is CCC1(CNC(=O)NCC(CCO)c2ccccc2)CCC1. The molecule has 1 aromatic rings. The Morgan fingerprint density at radius 3 is 2.55 bits per heavy atom. The molecule has 0 saturated heterocycles. The maximum absolute atomic E-state index is 12.0. The molecule has 22 heavy (non-hydrogen) atoms. The van der Waals surface area contributed by atoms with Crippen LogP contribution < -0.4 is 10.6 Å². The van der Waals surface area contributed by atoms with Gasteiger partial charge in [0.15, 0.2) is 0 Å². The van der Waals surface area contributed by atoms with Crippen LogP contribution in [-0.2, 0) is 0 Å². The average Bonchev–Trinajstić information content (AvgIpc) is 2.51. The highest BCUT2D eigenvalue weighted by molar-refractivity contribution is 5.73. The van der Waals surface area contributed by atoms with Gasteiger partial charge in [0.2, 0.25) is 0 Å². The highest BCUT2D eigenvalue weighted by atomic mass is 16.3. The van der Waals surface area contributed by atoms with E-state index in [2.05, 4.69) is 17.6 Å². The minimum Gasteiger partial charge on any atom is -0.396 e. The smallest absolute Gasteiger partial charge is 0.314 e. The molecule has 4 nitrogen and oxygen atoms in total. The number of carbonyl (C=O) groups is 1. The zero-order valence-corrected chi connectivity index (χ0v) is 13.5. The first-order chi connectivity index (χ1) is 10.7. The summed E-state index contributed by atoms with van der Waals surface area (Å²) in [5.41, 5.74) is 1.49. The zero-order valence-electron chi connectivity index (χ0n) is 13.5. The number of hydrogen-bond donors (Lipinski definition) is 3. The predicted octanol–water partition coefficient (Wildman–Crippen LogP) is 3.03. The summed E-state index contributed by atoms with van der Waals surface area (Å²) in [5, 5.41) is 15.2. The Hall–Kier alpha value is -1.55. The Kier molecular flexibility index (Phi) is 6.25. The highest BCUT2D eigenvalue weighted by Gasteiger charge is 2.35. The quantitative estimate of drug-likeness (QED) is 0.691. The van der Waals surface area contributed by atoms with E-state index in [1.165, 1.54) is 19.3 Å². The molecule has 0 heterocycles. The predicted molar refractivity (Wildman–Crippen MR) is 88.9 cm³/mol. The van der Waals surface area contributed by atoms with Crippen LogP contribution in [0.5, 0.6) is 0 Å². The number of benzene rings is 1. The maximum atomic E-state index is 12.0. The van der Waals surface area contributed by atoms with E-state index in [0.717, 1.165) is 18.5 Å². The molecule has 1 unspecified atom stereocenters. The van der Waals surface area contributed by atoms with Crippen LogP contribution in [0.25, 0.3) is 0 Å². The van der Waals surface area contributed by atoms with Gasteiger partial charge in [0, 0.05) is 25.6 Å². The first-order valence-electron chi connectivity index (χ1n) is 8.36. The summed E-state index contributed by atoms with van der Waals surface area (Å²) >= 11 is 0. The van der Waals surface area contributed by atoms with Gasteiger partial charge in [-0.15, -0.1) is 0 Å². The molecule has 0 radical (unpaired) electrons. The molecule has 0 aliphatic heterocycles. The molecule has 1 fully saturated rings. The lowest BCUT2D eigenvalue weighted by Crippen LogP contribution is -2.46. The van der Waals surface area contributed by atoms with Gasteiger partial charge in [0.1, 0.15) is 0 Å². The molecule has 4 heteroatoms. The summed E-state index contributed by atoms with van der Waals surface area (Å²) < 4.78 is 0. The Morgan fingerprint density at radius 1 is 1.27 bits per heavy atom. The number of urea groups is 1. The number of carbonyl (C=O) groups excluding carboxylic acids is 1. The lowest BCUT2D eigenvalue weighted by Gasteiger charge is -2.41. The molecule has 1 aliphatic carbocycles. The third-order valence-electron chi connectivity index (χ3n) is 5.05. The van der Waals surface area contributed by atoms with Gasteiger partial charge in [0.25, 0.3) is 0 Å². The van der Waals surface area contributed by atoms with Crippen LogP contribution >= 0.6 is 0 Å². The molecule has 1 atom stereocenters. The lowest BCUT2D eigenvalue weighted by molar-refractivity contribution is 0.126. The van der Waals surface area contributed by atoms with Gasteiger partial charge in [-0.05, 0) is 36.7 Å². The molecular weight excluding hydrogens is 276 g/mol. The molecule has 1 aromatic carbocycles. The van der Waals surface area contributed by atoms with E-state index >= 15 is 0 Å². The highest BCUT2D eigenvalue weighted by Crippen LogP contribution is 2.42. The van der Waals surface area contributed by atoms with Gasteiger partial charge in [-0.1, -0.05) is 43.7 Å². The largest absolute Gasteiger partial charge is 0.396 e. The molecule has 1 saturated carbocycles. The fourth-order valence-electron chi connectivity index (χ4n) is 3.15. The van der Waals surface area contributed by atoms with Gasteiger partial charge in [-0.2, -0.15) is 0 Å². The van der Waals surface area contributed by atoms with Crippen molar-refractivity contribution in [2.75, 3.05) is 19.7 Å². The standard InChI is InChI=1S/C18H28N2O2/c1-2-18(10-6-11-18)14-20-17(22)19-13-16(9-12-21)15-7-4-3-5-8-15/h3-5,7-8,16,21H,2,6,9-14H2,1H3,(H2,19,20,22). The van der Waals surface area contributed by atoms with E-state index in [4.69, 9.17) is 0 Å². The molecular formula is C18H28N2O2. The lowest BCUT2D eigenvalue weighted by atomic mass is 9.67. The molecule has 2 amide bonds. The number of aliphatic hydroxyl groups excluding tert-OH is 1. The first kappa shape index (κ1) is 16.8. The summed E-state index contributed by atoms with van der Waals surface area (Å²) in [6.45, 7) is 3.65. The van der Waals surface area contributed by atoms with Gasteiger partial charge in [0.05, 0.1) is 0 Å². The van der Waals surface area contributed by atoms with Crippen molar-refractivity contribution in [3.8, 4) is 0 Å². The van der Waals surface area contributed by atoms with Crippen molar-refractivity contribution in [3.63, 3.8) is 0 Å². The van der Waals surface area contributed by atoms with Gasteiger partial charge >= 0.3 is 6.03 Å². The average molecular weight is 304 g/mol. The van der Waals surface area contributed by atoms with Crippen LogP contribution in [-0.4, -0.2) is 30.8 Å². The van der Waals surface area contributed by atoms with Crippen LogP contribution in [0.1, 0.15) is 50.5 Å². The van der Waals surface area contributed by atoms with Gasteiger partial charge in [-0.25, -0.2) is 4.79 Å². The minimum absolute atomic E-state index is 0.0985. The molecule has 3 N–H and O–H groups in total. The zero-order chi connectivity index (χ0) is 15.8. The normalized spacial score (nSPS) is 17.4. The van der Waals surface area contributed by atoms with Crippen LogP contribution in [0, 0.1) is 5.41 Å². The first-order valence-corrected chi connectivity index (χ1v) is 8.36. The molecule has 2 rings (SSSR count). The van der Waals surface area contributed by atoms with Crippen molar-refractivity contribution in [3.05, 3.63) is 35.9 Å². The number of nitrogens with one attached hydrogen (secondary N) is 2. The number of rotatable bonds is 8. The van der Waals surface area contributed by atoms with E-state index in [1.807, 2.05) is 30.3 Å². The van der Waals surface area contributed by atoms with E-state index in [-0.39, 0.29) is 18.6 Å². The van der Waals surface area contributed by atoms with Crippen molar-refractivity contribution in [1.29, 1.82) is 0 Å². The maximum Gasteiger partial charge on any atom is 0.314 e. The summed E-state index contributed by atoms with van der Waals surface area (Å²) in [5.74, 6) is 0.154. The number of hydrogen-bond acceptors (Lipinski definition) is 2. The summed E-state index contributed by atoms with van der Waals surface area (Å²) in [7, 11) is 0. The van der Waals surface area contributed by atoms with Crippen LogP contribution in [0.2, 0.25) is 0 Å². The Morgan fingerprint density at radius 2 is 2.00 bits per heavy atom. The minimum atomic E-state index is -0.0985. The van der Waals surface area contributed by atoms with Crippen molar-refractivity contribution < 1.29 is 9.90 Å². The second-order valence-corrected chi connectivity index (χ2v) is 6.39. The summed E-state index contributed by atoms with van der Waals surface area (Å²) in [6.07, 6.45) is 5.51. The molecule has 0 aromatic heterocycles. The second kappa shape index (κ2) is 8.18. The fourth-order valence-corrected chi connectivity index (χ4v) is 3.15. The molecule has 122 valence electrons. The monoisotopic (exact) mass is 304 g/mol. The number of aliphatic hydroxyl groups is 1. The Balaban J connectivity index is 1.78. The Bertz CT molecular complexity index is 452. The van der Waals surface area contributed by atoms with Gasteiger partial charge < -0.3 is 15.7 Å². The van der Waals surface area contributed by atoms with E-state index in [0.29, 0.717) is 18.4 Å².